The first-order valence-corrected chi connectivity index (χ1v) is 4.73. The van der Waals surface area contributed by atoms with Gasteiger partial charge in [-0.15, -0.1) is 0 Å². The fourth-order valence-electron chi connectivity index (χ4n) is 1.41. The maximum absolute atomic E-state index is 10.7. The number of carboxylic acids is 1. The Kier molecular flexibility index (Phi) is 2.35. The molecule has 2 aromatic rings. The molecule has 0 aromatic carbocycles. The van der Waals surface area contributed by atoms with Crippen LogP contribution in [0.4, 0.5) is 0 Å². The number of carbonyl (C=O) groups is 1. The Morgan fingerprint density at radius 2 is 2.38 bits per heavy atom. The molecule has 0 fully saturated rings. The standard InChI is InChI=1S/C10H11N3O3/c1-10(16,9(14)15)4-7-5-11-8-2-3-12-13(8)6-7/h2-3,5-6,16H,4H2,1H3,(H,14,15). The summed E-state index contributed by atoms with van der Waals surface area (Å²) < 4.78 is 1.53. The van der Waals surface area contributed by atoms with Gasteiger partial charge in [0.25, 0.3) is 0 Å². The Morgan fingerprint density at radius 1 is 1.62 bits per heavy atom. The molecule has 16 heavy (non-hydrogen) atoms. The summed E-state index contributed by atoms with van der Waals surface area (Å²) in [6.45, 7) is 1.25. The van der Waals surface area contributed by atoms with E-state index in [1.54, 1.807) is 18.5 Å². The summed E-state index contributed by atoms with van der Waals surface area (Å²) in [4.78, 5) is 14.8. The molecule has 0 saturated heterocycles. The highest BCUT2D eigenvalue weighted by atomic mass is 16.4. The van der Waals surface area contributed by atoms with Crippen LogP contribution < -0.4 is 0 Å². The monoisotopic (exact) mass is 221 g/mol. The fraction of sp³-hybridized carbons (Fsp3) is 0.300. The first kappa shape index (κ1) is 10.6. The number of rotatable bonds is 3. The van der Waals surface area contributed by atoms with Crippen LogP contribution in [0.3, 0.4) is 0 Å². The molecule has 0 aliphatic carbocycles. The molecule has 84 valence electrons. The van der Waals surface area contributed by atoms with Crippen molar-refractivity contribution in [3.63, 3.8) is 0 Å². The molecular formula is C10H11N3O3. The lowest BCUT2D eigenvalue weighted by Crippen LogP contribution is -2.37. The zero-order valence-electron chi connectivity index (χ0n) is 8.66. The van der Waals surface area contributed by atoms with Crippen LogP contribution in [0.5, 0.6) is 0 Å². The number of carboxylic acid groups (broad SMARTS) is 1. The summed E-state index contributed by atoms with van der Waals surface area (Å²) in [7, 11) is 0. The molecule has 0 amide bonds. The Hall–Kier alpha value is -1.95. The molecule has 2 heterocycles. The van der Waals surface area contributed by atoms with Crippen LogP contribution in [0.2, 0.25) is 0 Å². The second-order valence-electron chi connectivity index (χ2n) is 3.85. The average molecular weight is 221 g/mol. The number of aliphatic carboxylic acids is 1. The molecule has 1 atom stereocenters. The van der Waals surface area contributed by atoms with Crippen LogP contribution in [0.25, 0.3) is 5.65 Å². The van der Waals surface area contributed by atoms with Crippen LogP contribution in [-0.2, 0) is 11.2 Å². The first-order chi connectivity index (χ1) is 7.49. The topological polar surface area (TPSA) is 87.7 Å². The minimum atomic E-state index is -1.79. The smallest absolute Gasteiger partial charge is 0.335 e. The van der Waals surface area contributed by atoms with E-state index in [0.717, 1.165) is 0 Å². The molecule has 1 unspecified atom stereocenters. The predicted octanol–water partition coefficient (Wildman–Crippen LogP) is 0.107. The van der Waals surface area contributed by atoms with Gasteiger partial charge in [0.15, 0.2) is 11.2 Å². The van der Waals surface area contributed by atoms with Crippen molar-refractivity contribution in [2.75, 3.05) is 0 Å². The van der Waals surface area contributed by atoms with Crippen molar-refractivity contribution >= 4 is 11.6 Å². The summed E-state index contributed by atoms with van der Waals surface area (Å²) in [6, 6.07) is 1.74. The average Bonchev–Trinajstić information content (AvgIpc) is 2.63. The van der Waals surface area contributed by atoms with Gasteiger partial charge in [0, 0.05) is 24.9 Å². The minimum Gasteiger partial charge on any atom is -0.479 e. The molecule has 0 aliphatic heterocycles. The van der Waals surface area contributed by atoms with Crippen molar-refractivity contribution < 1.29 is 15.0 Å². The van der Waals surface area contributed by atoms with Gasteiger partial charge in [-0.3, -0.25) is 0 Å². The summed E-state index contributed by atoms with van der Waals surface area (Å²) in [5.74, 6) is -1.26. The molecule has 2 aromatic heterocycles. The minimum absolute atomic E-state index is 0.00880. The van der Waals surface area contributed by atoms with Crippen molar-refractivity contribution in [1.82, 2.24) is 14.6 Å². The SMILES string of the molecule is CC(O)(Cc1cnc2ccnn2c1)C(=O)O. The lowest BCUT2D eigenvalue weighted by Gasteiger charge is -2.17. The van der Waals surface area contributed by atoms with Crippen molar-refractivity contribution in [3.8, 4) is 0 Å². The molecule has 0 bridgehead atoms. The van der Waals surface area contributed by atoms with Crippen molar-refractivity contribution in [2.45, 2.75) is 18.9 Å². The zero-order valence-corrected chi connectivity index (χ0v) is 8.66. The highest BCUT2D eigenvalue weighted by Crippen LogP contribution is 2.13. The van der Waals surface area contributed by atoms with Crippen LogP contribution in [0.1, 0.15) is 12.5 Å². The van der Waals surface area contributed by atoms with Gasteiger partial charge in [0.2, 0.25) is 0 Å². The maximum atomic E-state index is 10.7. The Bertz CT molecular complexity index is 533. The fourth-order valence-corrected chi connectivity index (χ4v) is 1.41. The van der Waals surface area contributed by atoms with Crippen LogP contribution in [0.15, 0.2) is 24.7 Å². The van der Waals surface area contributed by atoms with Crippen molar-refractivity contribution in [3.05, 3.63) is 30.2 Å². The van der Waals surface area contributed by atoms with Gasteiger partial charge in [-0.25, -0.2) is 14.3 Å². The Labute approximate surface area is 91.2 Å². The Balaban J connectivity index is 2.30. The third-order valence-corrected chi connectivity index (χ3v) is 2.31. The molecule has 0 aliphatic rings. The first-order valence-electron chi connectivity index (χ1n) is 4.73. The van der Waals surface area contributed by atoms with Gasteiger partial charge in [-0.05, 0) is 12.5 Å². The second kappa shape index (κ2) is 3.57. The highest BCUT2D eigenvalue weighted by Gasteiger charge is 2.30. The summed E-state index contributed by atoms with van der Waals surface area (Å²) in [6.07, 6.45) is 4.78. The molecular weight excluding hydrogens is 210 g/mol. The number of hydrogen-bond acceptors (Lipinski definition) is 4. The van der Waals surface area contributed by atoms with Gasteiger partial charge in [0.05, 0.1) is 6.20 Å². The largest absolute Gasteiger partial charge is 0.479 e. The summed E-state index contributed by atoms with van der Waals surface area (Å²) in [5.41, 5.74) is -0.495. The summed E-state index contributed by atoms with van der Waals surface area (Å²) >= 11 is 0. The summed E-state index contributed by atoms with van der Waals surface area (Å²) in [5, 5.41) is 22.4. The quantitative estimate of drug-likeness (QED) is 0.767. The maximum Gasteiger partial charge on any atom is 0.335 e. The van der Waals surface area contributed by atoms with E-state index >= 15 is 0 Å². The molecule has 0 saturated carbocycles. The van der Waals surface area contributed by atoms with E-state index in [1.165, 1.54) is 17.6 Å². The zero-order chi connectivity index (χ0) is 11.8. The number of fused-ring (bicyclic) bond motifs is 1. The number of nitrogens with zero attached hydrogens (tertiary/aromatic N) is 3. The molecule has 0 spiro atoms. The molecule has 2 N–H and O–H groups in total. The molecule has 6 nitrogen and oxygen atoms in total. The normalized spacial score (nSPS) is 14.9. The van der Waals surface area contributed by atoms with Crippen molar-refractivity contribution in [2.24, 2.45) is 0 Å². The van der Waals surface area contributed by atoms with E-state index in [1.807, 2.05) is 0 Å². The number of aliphatic hydroxyl groups is 1. The third kappa shape index (κ3) is 1.87. The molecule has 2 rings (SSSR count). The lowest BCUT2D eigenvalue weighted by atomic mass is 9.99. The van der Waals surface area contributed by atoms with Gasteiger partial charge in [-0.1, -0.05) is 0 Å². The number of hydrogen-bond donors (Lipinski definition) is 2. The van der Waals surface area contributed by atoms with E-state index in [9.17, 15) is 9.90 Å². The van der Waals surface area contributed by atoms with Gasteiger partial charge < -0.3 is 10.2 Å². The Morgan fingerprint density at radius 3 is 3.06 bits per heavy atom. The molecule has 6 heteroatoms. The predicted molar refractivity (Wildman–Crippen MR) is 55.0 cm³/mol. The second-order valence-corrected chi connectivity index (χ2v) is 3.85. The van der Waals surface area contributed by atoms with Crippen LogP contribution >= 0.6 is 0 Å². The van der Waals surface area contributed by atoms with Gasteiger partial charge in [-0.2, -0.15) is 5.10 Å². The van der Waals surface area contributed by atoms with E-state index in [2.05, 4.69) is 10.1 Å². The van der Waals surface area contributed by atoms with Gasteiger partial charge >= 0.3 is 5.97 Å². The number of aromatic nitrogens is 3. The van der Waals surface area contributed by atoms with E-state index < -0.39 is 11.6 Å². The lowest BCUT2D eigenvalue weighted by molar-refractivity contribution is -0.156. The van der Waals surface area contributed by atoms with E-state index in [4.69, 9.17) is 5.11 Å². The van der Waals surface area contributed by atoms with Gasteiger partial charge in [0.1, 0.15) is 0 Å². The van der Waals surface area contributed by atoms with Crippen LogP contribution in [-0.4, -0.2) is 36.4 Å². The van der Waals surface area contributed by atoms with E-state index in [-0.39, 0.29) is 6.42 Å². The third-order valence-electron chi connectivity index (χ3n) is 2.31. The molecule has 0 radical (unpaired) electrons. The van der Waals surface area contributed by atoms with Crippen molar-refractivity contribution in [1.29, 1.82) is 0 Å². The van der Waals surface area contributed by atoms with E-state index in [0.29, 0.717) is 11.2 Å². The highest BCUT2D eigenvalue weighted by molar-refractivity contribution is 5.76. The van der Waals surface area contributed by atoms with Crippen LogP contribution in [0, 0.1) is 0 Å².